The molecule has 0 saturated heterocycles. The molecule has 3 aromatic rings. The zero-order valence-corrected chi connectivity index (χ0v) is 15.1. The number of benzene rings is 2. The zero-order valence-electron chi connectivity index (χ0n) is 14.3. The van der Waals surface area contributed by atoms with Crippen molar-refractivity contribution >= 4 is 27.1 Å². The lowest BCUT2D eigenvalue weighted by Gasteiger charge is -2.08. The highest BCUT2D eigenvalue weighted by Crippen LogP contribution is 2.27. The van der Waals surface area contributed by atoms with E-state index in [-0.39, 0.29) is 0 Å². The van der Waals surface area contributed by atoms with Crippen molar-refractivity contribution in [1.29, 1.82) is 0 Å². The molecule has 2 heterocycles. The van der Waals surface area contributed by atoms with Crippen LogP contribution in [0.15, 0.2) is 70.0 Å². The first-order chi connectivity index (χ1) is 12.9. The van der Waals surface area contributed by atoms with Gasteiger partial charge in [0.05, 0.1) is 12.3 Å². The van der Waals surface area contributed by atoms with Crippen LogP contribution in [0.5, 0.6) is 11.5 Å². The Labute approximate surface area is 156 Å². The Bertz CT molecular complexity index is 899. The summed E-state index contributed by atoms with van der Waals surface area (Å²) in [4.78, 5) is 1.22. The van der Waals surface area contributed by atoms with Crippen molar-refractivity contribution in [3.05, 3.63) is 59.5 Å². The molecule has 0 spiro atoms. The van der Waals surface area contributed by atoms with E-state index in [0.717, 1.165) is 30.1 Å². The molecule has 5 nitrogen and oxygen atoms in total. The van der Waals surface area contributed by atoms with E-state index in [1.165, 1.54) is 15.0 Å². The van der Waals surface area contributed by atoms with Gasteiger partial charge in [-0.25, -0.2) is 0 Å². The summed E-state index contributed by atoms with van der Waals surface area (Å²) in [6, 6.07) is 18.4. The molecule has 1 aliphatic heterocycles. The highest BCUT2D eigenvalue weighted by molar-refractivity contribution is 7.19. The van der Waals surface area contributed by atoms with Gasteiger partial charge in [-0.2, -0.15) is 5.11 Å². The fraction of sp³-hybridized carbons (Fsp3) is 0.250. The third-order valence-corrected chi connectivity index (χ3v) is 5.15. The molecule has 0 atom stereocenters. The summed E-state index contributed by atoms with van der Waals surface area (Å²) in [5.41, 5.74) is 1.03. The van der Waals surface area contributed by atoms with Gasteiger partial charge >= 0.3 is 0 Å². The van der Waals surface area contributed by atoms with Crippen LogP contribution in [0.1, 0.15) is 17.7 Å². The number of hydrogen-bond acceptors (Lipinski definition) is 6. The van der Waals surface area contributed by atoms with Gasteiger partial charge in [-0.1, -0.05) is 18.2 Å². The normalized spacial score (nSPS) is 13.2. The fourth-order valence-electron chi connectivity index (χ4n) is 2.73. The maximum absolute atomic E-state index is 5.89. The summed E-state index contributed by atoms with van der Waals surface area (Å²) >= 11 is 1.77. The van der Waals surface area contributed by atoms with Gasteiger partial charge in [-0.15, -0.1) is 16.4 Å². The van der Waals surface area contributed by atoms with Gasteiger partial charge in [-0.05, 0) is 59.8 Å². The van der Waals surface area contributed by atoms with Crippen LogP contribution in [0, 0.1) is 0 Å². The van der Waals surface area contributed by atoms with E-state index in [1.54, 1.807) is 11.3 Å². The Kier molecular flexibility index (Phi) is 5.21. The minimum atomic E-state index is 0.581. The molecule has 0 amide bonds. The van der Waals surface area contributed by atoms with Gasteiger partial charge in [0, 0.05) is 9.58 Å². The number of nitrogens with zero attached hydrogens (tertiary/aromatic N) is 3. The maximum atomic E-state index is 5.89. The average molecular weight is 365 g/mol. The highest BCUT2D eigenvalue weighted by atomic mass is 32.1. The second-order valence-corrected chi connectivity index (χ2v) is 7.19. The number of thiophene rings is 1. The first kappa shape index (κ1) is 16.7. The lowest BCUT2D eigenvalue weighted by Crippen LogP contribution is -2.04. The number of fused-ring (bicyclic) bond motifs is 1. The van der Waals surface area contributed by atoms with Crippen LogP contribution < -0.4 is 9.47 Å². The van der Waals surface area contributed by atoms with Crippen LogP contribution in [0.25, 0.3) is 10.1 Å². The number of rotatable bonds is 8. The molecule has 132 valence electrons. The summed E-state index contributed by atoms with van der Waals surface area (Å²) < 4.78 is 12.9. The molecule has 0 saturated carbocycles. The van der Waals surface area contributed by atoms with E-state index in [9.17, 15) is 0 Å². The molecule has 2 aromatic carbocycles. The van der Waals surface area contributed by atoms with E-state index in [1.807, 2.05) is 24.3 Å². The molecule has 0 bridgehead atoms. The summed E-state index contributed by atoms with van der Waals surface area (Å²) in [6.07, 6.45) is 1.79. The Hall–Kier alpha value is -2.73. The van der Waals surface area contributed by atoms with E-state index in [0.29, 0.717) is 19.8 Å². The van der Waals surface area contributed by atoms with Crippen molar-refractivity contribution in [1.82, 2.24) is 0 Å². The zero-order chi connectivity index (χ0) is 17.6. The molecule has 0 N–H and O–H groups in total. The summed E-state index contributed by atoms with van der Waals surface area (Å²) in [5, 5.41) is 12.7. The van der Waals surface area contributed by atoms with Gasteiger partial charge in [0.25, 0.3) is 0 Å². The standard InChI is InChI=1S/C20H19N3O2S/c1-2-6-20-15(4-1)12-19(26-20)14-25-18-9-7-17(8-10-18)24-11-3-5-16-13-21-23-22-16/h1-2,4,6-10,12H,3,5,11,13-14H2. The predicted octanol–water partition coefficient (Wildman–Crippen LogP) is 5.46. The van der Waals surface area contributed by atoms with Crippen LogP contribution in [-0.2, 0) is 6.61 Å². The lowest BCUT2D eigenvalue weighted by atomic mass is 10.2. The first-order valence-corrected chi connectivity index (χ1v) is 9.44. The van der Waals surface area contributed by atoms with Crippen LogP contribution in [0.4, 0.5) is 0 Å². The van der Waals surface area contributed by atoms with Gasteiger partial charge in [0.2, 0.25) is 0 Å². The van der Waals surface area contributed by atoms with E-state index in [2.05, 4.69) is 45.8 Å². The Morgan fingerprint density at radius 3 is 2.54 bits per heavy atom. The summed E-state index contributed by atoms with van der Waals surface area (Å²) in [6.45, 7) is 1.87. The smallest absolute Gasteiger partial charge is 0.122 e. The third-order valence-electron chi connectivity index (χ3n) is 4.06. The predicted molar refractivity (Wildman–Crippen MR) is 104 cm³/mol. The molecule has 0 aliphatic carbocycles. The monoisotopic (exact) mass is 365 g/mol. The van der Waals surface area contributed by atoms with Gasteiger partial charge in [0.15, 0.2) is 0 Å². The van der Waals surface area contributed by atoms with Gasteiger partial charge in [0.1, 0.15) is 24.7 Å². The van der Waals surface area contributed by atoms with Crippen molar-refractivity contribution in [2.45, 2.75) is 19.4 Å². The molecular weight excluding hydrogens is 346 g/mol. The topological polar surface area (TPSA) is 55.5 Å². The largest absolute Gasteiger partial charge is 0.494 e. The molecule has 0 fully saturated rings. The van der Waals surface area contributed by atoms with Gasteiger partial charge in [-0.3, -0.25) is 0 Å². The SMILES string of the molecule is c1ccc2sc(COc3ccc(OCCCC4=NN=NC4)cc3)cc2c1. The second-order valence-electron chi connectivity index (χ2n) is 6.02. The van der Waals surface area contributed by atoms with E-state index < -0.39 is 0 Å². The number of hydrogen-bond donors (Lipinski definition) is 0. The van der Waals surface area contributed by atoms with Crippen LogP contribution in [0.3, 0.4) is 0 Å². The first-order valence-electron chi connectivity index (χ1n) is 8.62. The second kappa shape index (κ2) is 8.10. The quantitative estimate of drug-likeness (QED) is 0.498. The van der Waals surface area contributed by atoms with E-state index in [4.69, 9.17) is 9.47 Å². The minimum Gasteiger partial charge on any atom is -0.494 e. The fourth-order valence-corrected chi connectivity index (χ4v) is 3.71. The van der Waals surface area contributed by atoms with Crippen LogP contribution >= 0.6 is 11.3 Å². The molecule has 6 heteroatoms. The Balaban J connectivity index is 1.23. The molecule has 26 heavy (non-hydrogen) atoms. The molecule has 0 unspecified atom stereocenters. The highest BCUT2D eigenvalue weighted by Gasteiger charge is 2.05. The maximum Gasteiger partial charge on any atom is 0.122 e. The van der Waals surface area contributed by atoms with E-state index >= 15 is 0 Å². The summed E-state index contributed by atoms with van der Waals surface area (Å²) in [5.74, 6) is 1.69. The molecular formula is C20H19N3O2S. The van der Waals surface area contributed by atoms with Crippen LogP contribution in [0.2, 0.25) is 0 Å². The minimum absolute atomic E-state index is 0.581. The van der Waals surface area contributed by atoms with Crippen molar-refractivity contribution in [2.75, 3.05) is 13.2 Å². The van der Waals surface area contributed by atoms with Crippen molar-refractivity contribution in [3.63, 3.8) is 0 Å². The third kappa shape index (κ3) is 4.26. The molecule has 0 radical (unpaired) electrons. The molecule has 1 aliphatic rings. The lowest BCUT2D eigenvalue weighted by molar-refractivity contribution is 0.302. The Morgan fingerprint density at radius 1 is 0.962 bits per heavy atom. The van der Waals surface area contributed by atoms with Crippen molar-refractivity contribution < 1.29 is 9.47 Å². The molecule has 1 aromatic heterocycles. The number of ether oxygens (including phenoxy) is 2. The summed E-state index contributed by atoms with van der Waals surface area (Å²) in [7, 11) is 0. The van der Waals surface area contributed by atoms with Crippen LogP contribution in [-0.4, -0.2) is 18.9 Å². The Morgan fingerprint density at radius 2 is 1.77 bits per heavy atom. The van der Waals surface area contributed by atoms with Crippen molar-refractivity contribution in [2.24, 2.45) is 15.4 Å². The molecule has 4 rings (SSSR count). The van der Waals surface area contributed by atoms with Gasteiger partial charge < -0.3 is 9.47 Å². The van der Waals surface area contributed by atoms with Crippen molar-refractivity contribution in [3.8, 4) is 11.5 Å². The average Bonchev–Trinajstić information content (AvgIpc) is 3.33.